The van der Waals surface area contributed by atoms with Gasteiger partial charge in [0.2, 0.25) is 5.91 Å². The van der Waals surface area contributed by atoms with Gasteiger partial charge in [-0.05, 0) is 49.6 Å². The van der Waals surface area contributed by atoms with Crippen LogP contribution in [0.3, 0.4) is 0 Å². The van der Waals surface area contributed by atoms with Crippen LogP contribution in [0.25, 0.3) is 0 Å². The van der Waals surface area contributed by atoms with E-state index in [4.69, 9.17) is 15.2 Å². The molecule has 2 rings (SSSR count). The van der Waals surface area contributed by atoms with E-state index >= 15 is 0 Å². The molecule has 3 N–H and O–H groups in total. The maximum absolute atomic E-state index is 11.4. The standard InChI is InChI=1S/C22H28N2O4/c1-16(8-9-18-10-12-19(13-11-18)22(23)26)24-14-21(28-17(2)25)15-27-20-6-4-3-5-7-20/h3-7,10-13,16,21,24H,8-9,14-15H2,1-2H3,(H2,23,26)/t16?,21-/m1/s1. The third-order valence-corrected chi connectivity index (χ3v) is 4.31. The van der Waals surface area contributed by atoms with Crippen molar-refractivity contribution in [3.05, 3.63) is 65.7 Å². The maximum atomic E-state index is 11.4. The molecule has 0 spiro atoms. The molecule has 0 bridgehead atoms. The van der Waals surface area contributed by atoms with Gasteiger partial charge in [-0.15, -0.1) is 0 Å². The molecule has 2 atom stereocenters. The van der Waals surface area contributed by atoms with Crippen molar-refractivity contribution < 1.29 is 19.1 Å². The van der Waals surface area contributed by atoms with Crippen molar-refractivity contribution in [2.45, 2.75) is 38.8 Å². The van der Waals surface area contributed by atoms with Crippen molar-refractivity contribution in [2.24, 2.45) is 5.73 Å². The Hall–Kier alpha value is -2.86. The van der Waals surface area contributed by atoms with Gasteiger partial charge in [-0.2, -0.15) is 0 Å². The van der Waals surface area contributed by atoms with Crippen LogP contribution in [0.15, 0.2) is 54.6 Å². The first-order valence-corrected chi connectivity index (χ1v) is 9.41. The van der Waals surface area contributed by atoms with Gasteiger partial charge in [0.05, 0.1) is 0 Å². The van der Waals surface area contributed by atoms with Gasteiger partial charge in [0, 0.05) is 25.1 Å². The van der Waals surface area contributed by atoms with Gasteiger partial charge in [-0.3, -0.25) is 9.59 Å². The third-order valence-electron chi connectivity index (χ3n) is 4.31. The summed E-state index contributed by atoms with van der Waals surface area (Å²) in [6, 6.07) is 17.0. The lowest BCUT2D eigenvalue weighted by Gasteiger charge is -2.21. The molecular formula is C22H28N2O4. The van der Waals surface area contributed by atoms with Crippen LogP contribution in [-0.4, -0.2) is 37.2 Å². The van der Waals surface area contributed by atoms with Gasteiger partial charge in [0.1, 0.15) is 18.5 Å². The van der Waals surface area contributed by atoms with Crippen LogP contribution in [0, 0.1) is 0 Å². The first-order valence-electron chi connectivity index (χ1n) is 9.41. The van der Waals surface area contributed by atoms with Crippen LogP contribution in [0.4, 0.5) is 0 Å². The van der Waals surface area contributed by atoms with Crippen molar-refractivity contribution in [1.29, 1.82) is 0 Å². The summed E-state index contributed by atoms with van der Waals surface area (Å²) >= 11 is 0. The Bertz CT molecular complexity index is 747. The molecule has 0 aliphatic rings. The number of nitrogens with two attached hydrogens (primary N) is 1. The van der Waals surface area contributed by atoms with Crippen LogP contribution >= 0.6 is 0 Å². The molecule has 0 aromatic heterocycles. The molecule has 6 heteroatoms. The highest BCUT2D eigenvalue weighted by molar-refractivity contribution is 5.92. The van der Waals surface area contributed by atoms with Gasteiger partial charge in [-0.1, -0.05) is 30.3 Å². The molecule has 0 fully saturated rings. The van der Waals surface area contributed by atoms with Crippen LogP contribution in [0.2, 0.25) is 0 Å². The minimum absolute atomic E-state index is 0.227. The lowest BCUT2D eigenvalue weighted by molar-refractivity contribution is -0.147. The van der Waals surface area contributed by atoms with Gasteiger partial charge in [0.15, 0.2) is 0 Å². The summed E-state index contributed by atoms with van der Waals surface area (Å²) in [5.74, 6) is -0.00594. The molecule has 150 valence electrons. The number of hydrogen-bond acceptors (Lipinski definition) is 5. The fourth-order valence-corrected chi connectivity index (χ4v) is 2.73. The quantitative estimate of drug-likeness (QED) is 0.581. The Balaban J connectivity index is 1.77. The molecule has 0 heterocycles. The zero-order chi connectivity index (χ0) is 20.4. The number of benzene rings is 2. The lowest BCUT2D eigenvalue weighted by Crippen LogP contribution is -2.39. The van der Waals surface area contributed by atoms with Crippen LogP contribution < -0.4 is 15.8 Å². The van der Waals surface area contributed by atoms with Gasteiger partial charge < -0.3 is 20.5 Å². The van der Waals surface area contributed by atoms with Gasteiger partial charge >= 0.3 is 5.97 Å². The molecule has 1 unspecified atom stereocenters. The molecule has 2 aromatic rings. The van der Waals surface area contributed by atoms with Crippen LogP contribution in [0.1, 0.15) is 36.2 Å². The van der Waals surface area contributed by atoms with E-state index in [0.717, 1.165) is 24.2 Å². The molecule has 0 aliphatic carbocycles. The van der Waals surface area contributed by atoms with Crippen molar-refractivity contribution >= 4 is 11.9 Å². The summed E-state index contributed by atoms with van der Waals surface area (Å²) in [6.45, 7) is 4.28. The number of ether oxygens (including phenoxy) is 2. The number of carbonyl (C=O) groups excluding carboxylic acids is 2. The summed E-state index contributed by atoms with van der Waals surface area (Å²) in [5.41, 5.74) is 6.91. The molecule has 0 saturated carbocycles. The third kappa shape index (κ3) is 7.80. The second-order valence-corrected chi connectivity index (χ2v) is 6.76. The highest BCUT2D eigenvalue weighted by Gasteiger charge is 2.15. The molecule has 0 saturated heterocycles. The van der Waals surface area contributed by atoms with Crippen LogP contribution in [-0.2, 0) is 16.0 Å². The van der Waals surface area contributed by atoms with E-state index in [1.807, 2.05) is 42.5 Å². The molecule has 1 amide bonds. The zero-order valence-corrected chi connectivity index (χ0v) is 16.4. The number of carbonyl (C=O) groups is 2. The topological polar surface area (TPSA) is 90.6 Å². The molecule has 0 aliphatic heterocycles. The predicted octanol–water partition coefficient (Wildman–Crippen LogP) is 2.71. The SMILES string of the molecule is CC(=O)O[C@H](CNC(C)CCc1ccc(C(N)=O)cc1)COc1ccccc1. The first-order chi connectivity index (χ1) is 13.4. The minimum Gasteiger partial charge on any atom is -0.490 e. The van der Waals surface area contributed by atoms with Crippen molar-refractivity contribution in [3.63, 3.8) is 0 Å². The number of nitrogens with one attached hydrogen (secondary N) is 1. The number of primary amides is 1. The van der Waals surface area contributed by atoms with Crippen molar-refractivity contribution in [3.8, 4) is 5.75 Å². The first kappa shape index (κ1) is 21.4. The van der Waals surface area contributed by atoms with E-state index in [1.165, 1.54) is 6.92 Å². The fraction of sp³-hybridized carbons (Fsp3) is 0.364. The van der Waals surface area contributed by atoms with E-state index < -0.39 is 5.91 Å². The Kier molecular flexibility index (Phi) is 8.49. The number of hydrogen-bond donors (Lipinski definition) is 2. The predicted molar refractivity (Wildman–Crippen MR) is 108 cm³/mol. The zero-order valence-electron chi connectivity index (χ0n) is 16.4. The monoisotopic (exact) mass is 384 g/mol. The number of para-hydroxylation sites is 1. The fourth-order valence-electron chi connectivity index (χ4n) is 2.73. The van der Waals surface area contributed by atoms with Crippen molar-refractivity contribution in [2.75, 3.05) is 13.2 Å². The average molecular weight is 384 g/mol. The Morgan fingerprint density at radius 3 is 2.36 bits per heavy atom. The number of rotatable bonds is 11. The van der Waals surface area contributed by atoms with E-state index in [0.29, 0.717) is 12.1 Å². The summed E-state index contributed by atoms with van der Waals surface area (Å²) < 4.78 is 11.1. The van der Waals surface area contributed by atoms with E-state index in [1.54, 1.807) is 12.1 Å². The normalized spacial score (nSPS) is 12.8. The summed E-state index contributed by atoms with van der Waals surface area (Å²) in [4.78, 5) is 22.5. The summed E-state index contributed by atoms with van der Waals surface area (Å²) in [7, 11) is 0. The highest BCUT2D eigenvalue weighted by atomic mass is 16.6. The number of esters is 1. The molecule has 6 nitrogen and oxygen atoms in total. The molecule has 28 heavy (non-hydrogen) atoms. The van der Waals surface area contributed by atoms with E-state index in [9.17, 15) is 9.59 Å². The van der Waals surface area contributed by atoms with Crippen molar-refractivity contribution in [1.82, 2.24) is 5.32 Å². The number of amides is 1. The Morgan fingerprint density at radius 1 is 1.07 bits per heavy atom. The lowest BCUT2D eigenvalue weighted by atomic mass is 10.0. The molecule has 2 aromatic carbocycles. The highest BCUT2D eigenvalue weighted by Crippen LogP contribution is 2.10. The number of aryl methyl sites for hydroxylation is 1. The summed E-state index contributed by atoms with van der Waals surface area (Å²) in [5, 5.41) is 3.39. The van der Waals surface area contributed by atoms with E-state index in [2.05, 4.69) is 12.2 Å². The van der Waals surface area contributed by atoms with Crippen LogP contribution in [0.5, 0.6) is 5.75 Å². The minimum atomic E-state index is -0.421. The maximum Gasteiger partial charge on any atom is 0.303 e. The smallest absolute Gasteiger partial charge is 0.303 e. The van der Waals surface area contributed by atoms with Gasteiger partial charge in [-0.25, -0.2) is 0 Å². The Labute approximate surface area is 166 Å². The Morgan fingerprint density at radius 2 is 1.75 bits per heavy atom. The molecular weight excluding hydrogens is 356 g/mol. The molecule has 0 radical (unpaired) electrons. The van der Waals surface area contributed by atoms with E-state index in [-0.39, 0.29) is 24.7 Å². The largest absolute Gasteiger partial charge is 0.490 e. The average Bonchev–Trinajstić information content (AvgIpc) is 2.69. The second-order valence-electron chi connectivity index (χ2n) is 6.76. The second kappa shape index (κ2) is 11.1. The van der Waals surface area contributed by atoms with Gasteiger partial charge in [0.25, 0.3) is 0 Å². The summed E-state index contributed by atoms with van der Waals surface area (Å²) in [6.07, 6.45) is 1.41.